The molecule has 0 spiro atoms. The number of rotatable bonds is 5. The molecule has 7 heteroatoms. The van der Waals surface area contributed by atoms with Crippen LogP contribution in [0.25, 0.3) is 0 Å². The monoisotopic (exact) mass is 349 g/mol. The van der Waals surface area contributed by atoms with Crippen molar-refractivity contribution in [2.24, 2.45) is 5.73 Å². The maximum atomic E-state index is 11.4. The Kier molecular flexibility index (Phi) is 10.4. The molecular weight excluding hydrogens is 325 g/mol. The van der Waals surface area contributed by atoms with Gasteiger partial charge in [-0.25, -0.2) is 0 Å². The number of amides is 1. The molecule has 1 aliphatic rings. The molecule has 0 bridgehead atoms. The Bertz CT molecular complexity index is 435. The van der Waals surface area contributed by atoms with Gasteiger partial charge in [-0.1, -0.05) is 24.3 Å². The van der Waals surface area contributed by atoms with Crippen LogP contribution < -0.4 is 11.1 Å². The number of hydrogen-bond acceptors (Lipinski definition) is 4. The molecule has 1 aromatic rings. The summed E-state index contributed by atoms with van der Waals surface area (Å²) in [5, 5.41) is 2.81. The molecule has 0 radical (unpaired) electrons. The Balaban J connectivity index is 0.00000220. The van der Waals surface area contributed by atoms with Crippen LogP contribution in [-0.2, 0) is 22.6 Å². The van der Waals surface area contributed by atoms with Gasteiger partial charge in [-0.05, 0) is 18.1 Å². The Morgan fingerprint density at radius 2 is 1.77 bits per heavy atom. The first-order valence-corrected chi connectivity index (χ1v) is 7.06. The lowest BCUT2D eigenvalue weighted by atomic mass is 10.1. The van der Waals surface area contributed by atoms with Crippen molar-refractivity contribution in [3.05, 3.63) is 35.4 Å². The number of hydrogen-bond donors (Lipinski definition) is 2. The standard InChI is InChI=1S/C15H23N3O2.2ClH/c1-12(16)15(19)17-10-13-2-4-14(5-3-13)11-18-6-8-20-9-7-18;;/h2-5,12H,6-11,16H2,1H3,(H,17,19);2*1H/t12-;;/m0../s1. The predicted octanol–water partition coefficient (Wildman–Crippen LogP) is 1.33. The Morgan fingerprint density at radius 3 is 2.32 bits per heavy atom. The molecule has 1 saturated heterocycles. The summed E-state index contributed by atoms with van der Waals surface area (Å²) >= 11 is 0. The fourth-order valence-electron chi connectivity index (χ4n) is 2.13. The van der Waals surface area contributed by atoms with Crippen molar-refractivity contribution in [3.63, 3.8) is 0 Å². The number of nitrogens with one attached hydrogen (secondary N) is 1. The molecule has 3 N–H and O–H groups in total. The van der Waals surface area contributed by atoms with Gasteiger partial charge in [-0.3, -0.25) is 9.69 Å². The zero-order chi connectivity index (χ0) is 14.4. The van der Waals surface area contributed by atoms with Crippen molar-refractivity contribution in [1.29, 1.82) is 0 Å². The quantitative estimate of drug-likeness (QED) is 0.841. The largest absolute Gasteiger partial charge is 0.379 e. The van der Waals surface area contributed by atoms with E-state index in [1.807, 2.05) is 0 Å². The average molecular weight is 350 g/mol. The number of nitrogens with two attached hydrogens (primary N) is 1. The zero-order valence-electron chi connectivity index (χ0n) is 12.8. The molecule has 22 heavy (non-hydrogen) atoms. The van der Waals surface area contributed by atoms with Crippen molar-refractivity contribution in [3.8, 4) is 0 Å². The van der Waals surface area contributed by atoms with Gasteiger partial charge in [0.05, 0.1) is 19.3 Å². The van der Waals surface area contributed by atoms with E-state index in [0.717, 1.165) is 38.4 Å². The smallest absolute Gasteiger partial charge is 0.236 e. The summed E-state index contributed by atoms with van der Waals surface area (Å²) < 4.78 is 5.34. The second-order valence-corrected chi connectivity index (χ2v) is 5.21. The van der Waals surface area contributed by atoms with Gasteiger partial charge in [0.1, 0.15) is 0 Å². The van der Waals surface area contributed by atoms with Gasteiger partial charge in [0, 0.05) is 26.2 Å². The van der Waals surface area contributed by atoms with Gasteiger partial charge in [0.15, 0.2) is 0 Å². The highest BCUT2D eigenvalue weighted by atomic mass is 35.5. The molecular formula is C15H25Cl2N3O2. The first-order chi connectivity index (χ1) is 9.65. The lowest BCUT2D eigenvalue weighted by molar-refractivity contribution is -0.122. The van der Waals surface area contributed by atoms with Crippen LogP contribution in [0.3, 0.4) is 0 Å². The molecule has 0 aromatic heterocycles. The summed E-state index contributed by atoms with van der Waals surface area (Å²) in [6.45, 7) is 6.79. The summed E-state index contributed by atoms with van der Waals surface area (Å²) in [4.78, 5) is 13.8. The van der Waals surface area contributed by atoms with Crippen LogP contribution in [0, 0.1) is 0 Å². The van der Waals surface area contributed by atoms with Crippen LogP contribution in [0.1, 0.15) is 18.1 Å². The fourth-order valence-corrected chi connectivity index (χ4v) is 2.13. The third kappa shape index (κ3) is 6.94. The third-order valence-electron chi connectivity index (χ3n) is 3.41. The summed E-state index contributed by atoms with van der Waals surface area (Å²) in [5.41, 5.74) is 7.87. The number of morpholine rings is 1. The molecule has 1 heterocycles. The number of benzene rings is 1. The summed E-state index contributed by atoms with van der Waals surface area (Å²) in [6, 6.07) is 7.87. The molecule has 0 aliphatic carbocycles. The molecule has 2 rings (SSSR count). The van der Waals surface area contributed by atoms with Crippen LogP contribution in [-0.4, -0.2) is 43.2 Å². The number of nitrogens with zero attached hydrogens (tertiary/aromatic N) is 1. The van der Waals surface area contributed by atoms with Crippen LogP contribution in [0.5, 0.6) is 0 Å². The van der Waals surface area contributed by atoms with Gasteiger partial charge in [-0.15, -0.1) is 24.8 Å². The number of carbonyl (C=O) groups is 1. The van der Waals surface area contributed by atoms with Gasteiger partial charge >= 0.3 is 0 Å². The van der Waals surface area contributed by atoms with Crippen LogP contribution in [0.15, 0.2) is 24.3 Å². The summed E-state index contributed by atoms with van der Waals surface area (Å²) in [5.74, 6) is -0.123. The van der Waals surface area contributed by atoms with Gasteiger partial charge < -0.3 is 15.8 Å². The van der Waals surface area contributed by atoms with Crippen molar-refractivity contribution in [2.45, 2.75) is 26.1 Å². The topological polar surface area (TPSA) is 67.6 Å². The lowest BCUT2D eigenvalue weighted by Crippen LogP contribution is -2.37. The highest BCUT2D eigenvalue weighted by Crippen LogP contribution is 2.09. The van der Waals surface area contributed by atoms with E-state index < -0.39 is 6.04 Å². The third-order valence-corrected chi connectivity index (χ3v) is 3.41. The number of carbonyl (C=O) groups excluding carboxylic acids is 1. The zero-order valence-corrected chi connectivity index (χ0v) is 14.4. The minimum atomic E-state index is -0.462. The van der Waals surface area contributed by atoms with Crippen molar-refractivity contribution >= 4 is 30.7 Å². The van der Waals surface area contributed by atoms with E-state index in [4.69, 9.17) is 10.5 Å². The van der Waals surface area contributed by atoms with Crippen molar-refractivity contribution in [2.75, 3.05) is 26.3 Å². The lowest BCUT2D eigenvalue weighted by Gasteiger charge is -2.26. The van der Waals surface area contributed by atoms with Crippen molar-refractivity contribution in [1.82, 2.24) is 10.2 Å². The SMILES string of the molecule is C[C@H](N)C(=O)NCc1ccc(CN2CCOCC2)cc1.Cl.Cl. The first kappa shape index (κ1) is 21.1. The van der Waals surface area contributed by atoms with E-state index in [-0.39, 0.29) is 30.7 Å². The Labute approximate surface area is 144 Å². The normalized spacial score (nSPS) is 16.1. The minimum absolute atomic E-state index is 0. The number of halogens is 2. The molecule has 1 fully saturated rings. The van der Waals surface area contributed by atoms with E-state index in [0.29, 0.717) is 6.54 Å². The average Bonchev–Trinajstić information content (AvgIpc) is 2.47. The highest BCUT2D eigenvalue weighted by Gasteiger charge is 2.10. The molecule has 1 aliphatic heterocycles. The van der Waals surface area contributed by atoms with E-state index in [2.05, 4.69) is 34.5 Å². The molecule has 1 amide bonds. The molecule has 0 unspecified atom stereocenters. The van der Waals surface area contributed by atoms with E-state index in [1.165, 1.54) is 5.56 Å². The van der Waals surface area contributed by atoms with Crippen LogP contribution in [0.4, 0.5) is 0 Å². The fraction of sp³-hybridized carbons (Fsp3) is 0.533. The molecule has 1 aromatic carbocycles. The molecule has 0 saturated carbocycles. The molecule has 126 valence electrons. The van der Waals surface area contributed by atoms with Crippen LogP contribution in [0.2, 0.25) is 0 Å². The first-order valence-electron chi connectivity index (χ1n) is 7.06. The van der Waals surface area contributed by atoms with E-state index >= 15 is 0 Å². The second kappa shape index (κ2) is 10.8. The maximum Gasteiger partial charge on any atom is 0.236 e. The van der Waals surface area contributed by atoms with Gasteiger partial charge in [0.2, 0.25) is 5.91 Å². The summed E-state index contributed by atoms with van der Waals surface area (Å²) in [6.07, 6.45) is 0. The molecule has 1 atom stereocenters. The Hall–Kier alpha value is -0.850. The number of ether oxygens (including phenoxy) is 1. The molecule has 5 nitrogen and oxygen atoms in total. The predicted molar refractivity (Wildman–Crippen MR) is 92.5 cm³/mol. The summed E-state index contributed by atoms with van der Waals surface area (Å²) in [7, 11) is 0. The Morgan fingerprint density at radius 1 is 1.23 bits per heavy atom. The van der Waals surface area contributed by atoms with Gasteiger partial charge in [-0.2, -0.15) is 0 Å². The van der Waals surface area contributed by atoms with E-state index in [9.17, 15) is 4.79 Å². The second-order valence-electron chi connectivity index (χ2n) is 5.21. The van der Waals surface area contributed by atoms with E-state index in [1.54, 1.807) is 6.92 Å². The van der Waals surface area contributed by atoms with Gasteiger partial charge in [0.25, 0.3) is 0 Å². The van der Waals surface area contributed by atoms with Crippen molar-refractivity contribution < 1.29 is 9.53 Å². The highest BCUT2D eigenvalue weighted by molar-refractivity contribution is 5.85. The minimum Gasteiger partial charge on any atom is -0.379 e. The maximum absolute atomic E-state index is 11.4. The van der Waals surface area contributed by atoms with Crippen LogP contribution >= 0.6 is 24.8 Å².